The summed E-state index contributed by atoms with van der Waals surface area (Å²) in [6.07, 6.45) is 10.1. The Labute approximate surface area is 140 Å². The van der Waals surface area contributed by atoms with Gasteiger partial charge in [-0.3, -0.25) is 0 Å². The summed E-state index contributed by atoms with van der Waals surface area (Å²) >= 11 is 0. The molecule has 23 heavy (non-hydrogen) atoms. The minimum Gasteiger partial charge on any atom is -0.332 e. The van der Waals surface area contributed by atoms with E-state index in [9.17, 15) is 0 Å². The zero-order chi connectivity index (χ0) is 15.2. The van der Waals surface area contributed by atoms with E-state index in [4.69, 9.17) is 0 Å². The number of hydrogen-bond donors (Lipinski definition) is 1. The van der Waals surface area contributed by atoms with Crippen molar-refractivity contribution in [2.75, 3.05) is 19.6 Å². The molecule has 5 atom stereocenters. The Morgan fingerprint density at radius 2 is 1.87 bits per heavy atom. The maximum absolute atomic E-state index is 2.88. The first-order valence-electron chi connectivity index (χ1n) is 9.92. The molecular formula is C21H30N2+2. The molecule has 0 amide bonds. The number of piperidine rings is 3. The van der Waals surface area contributed by atoms with Gasteiger partial charge >= 0.3 is 0 Å². The predicted molar refractivity (Wildman–Crippen MR) is 93.3 cm³/mol. The van der Waals surface area contributed by atoms with Crippen LogP contribution in [0.15, 0.2) is 30.3 Å². The van der Waals surface area contributed by atoms with Crippen molar-refractivity contribution in [2.24, 2.45) is 11.8 Å². The third-order valence-electron chi connectivity index (χ3n) is 7.23. The van der Waals surface area contributed by atoms with Crippen molar-refractivity contribution in [3.05, 3.63) is 35.9 Å². The minimum atomic E-state index is 0.839. The number of quaternary nitrogens is 1. The monoisotopic (exact) mass is 310 g/mol. The topological polar surface area (TPSA) is 7.45 Å². The number of rotatable bonds is 1. The summed E-state index contributed by atoms with van der Waals surface area (Å²) in [7, 11) is 0. The maximum atomic E-state index is 2.88. The molecule has 1 unspecified atom stereocenters. The van der Waals surface area contributed by atoms with Gasteiger partial charge in [-0.05, 0) is 37.8 Å². The zero-order valence-corrected chi connectivity index (χ0v) is 14.2. The molecule has 0 saturated carbocycles. The van der Waals surface area contributed by atoms with E-state index in [0.717, 1.165) is 23.9 Å². The summed E-state index contributed by atoms with van der Waals surface area (Å²) in [5, 5.41) is 0. The van der Waals surface area contributed by atoms with Gasteiger partial charge in [0.05, 0.1) is 31.0 Å². The average Bonchev–Trinajstić information content (AvgIpc) is 2.62. The molecule has 0 radical (unpaired) electrons. The average molecular weight is 310 g/mol. The van der Waals surface area contributed by atoms with Gasteiger partial charge in [0.2, 0.25) is 0 Å². The highest BCUT2D eigenvalue weighted by Gasteiger charge is 2.52. The second kappa shape index (κ2) is 5.73. The third-order valence-corrected chi connectivity index (χ3v) is 7.23. The largest absolute Gasteiger partial charge is 0.332 e. The summed E-state index contributed by atoms with van der Waals surface area (Å²) in [4.78, 5) is 1.98. The first-order valence-corrected chi connectivity index (χ1v) is 9.92. The second-order valence-electron chi connectivity index (χ2n) is 8.40. The van der Waals surface area contributed by atoms with Crippen LogP contribution in [0.4, 0.5) is 0 Å². The van der Waals surface area contributed by atoms with Crippen LogP contribution < -0.4 is 4.90 Å². The molecule has 5 rings (SSSR count). The fourth-order valence-corrected chi connectivity index (χ4v) is 6.30. The lowest BCUT2D eigenvalue weighted by Crippen LogP contribution is -3.19. The molecule has 122 valence electrons. The normalized spacial score (nSPS) is 39.6. The van der Waals surface area contributed by atoms with Crippen molar-refractivity contribution in [1.29, 1.82) is 0 Å². The number of fused-ring (bicyclic) bond motifs is 6. The van der Waals surface area contributed by atoms with E-state index in [0.29, 0.717) is 0 Å². The molecule has 0 spiro atoms. The van der Waals surface area contributed by atoms with Crippen molar-refractivity contribution >= 4 is 5.71 Å². The predicted octanol–water partition coefficient (Wildman–Crippen LogP) is 2.13. The molecule has 3 fully saturated rings. The van der Waals surface area contributed by atoms with Crippen LogP contribution in [-0.4, -0.2) is 42.0 Å². The summed E-state index contributed by atoms with van der Waals surface area (Å²) < 4.78 is 2.88. The molecule has 0 aromatic heterocycles. The molecule has 1 aromatic rings. The molecule has 2 bridgehead atoms. The maximum Gasteiger partial charge on any atom is 0.183 e. The van der Waals surface area contributed by atoms with Crippen molar-refractivity contribution in [2.45, 2.75) is 57.0 Å². The molecule has 2 nitrogen and oxygen atoms in total. The van der Waals surface area contributed by atoms with Gasteiger partial charge in [0.1, 0.15) is 0 Å². The summed E-state index contributed by atoms with van der Waals surface area (Å²) in [6, 6.07) is 13.1. The molecule has 4 heterocycles. The SMILES string of the molecule is c1ccc(C2=[N+]3C[C@@H]4C[C@@H](C[NH+]5CCCC[C@H]45)[C@@H]3CCC2)cc1. The van der Waals surface area contributed by atoms with Gasteiger partial charge < -0.3 is 4.90 Å². The Morgan fingerprint density at radius 1 is 0.957 bits per heavy atom. The van der Waals surface area contributed by atoms with E-state index in [1.165, 1.54) is 70.1 Å². The zero-order valence-electron chi connectivity index (χ0n) is 14.2. The lowest BCUT2D eigenvalue weighted by atomic mass is 9.71. The van der Waals surface area contributed by atoms with E-state index in [-0.39, 0.29) is 0 Å². The highest BCUT2D eigenvalue weighted by Crippen LogP contribution is 2.36. The fraction of sp³-hybridized carbons (Fsp3) is 0.667. The van der Waals surface area contributed by atoms with E-state index in [2.05, 4.69) is 34.9 Å². The van der Waals surface area contributed by atoms with Crippen LogP contribution in [0.5, 0.6) is 0 Å². The van der Waals surface area contributed by atoms with Crippen LogP contribution in [0.1, 0.15) is 50.5 Å². The Kier molecular flexibility index (Phi) is 3.54. The van der Waals surface area contributed by atoms with E-state index >= 15 is 0 Å². The smallest absolute Gasteiger partial charge is 0.183 e. The molecular weight excluding hydrogens is 280 g/mol. The fourth-order valence-electron chi connectivity index (χ4n) is 6.30. The summed E-state index contributed by atoms with van der Waals surface area (Å²) in [6.45, 7) is 4.27. The quantitative estimate of drug-likeness (QED) is 0.760. The van der Waals surface area contributed by atoms with E-state index < -0.39 is 0 Å². The van der Waals surface area contributed by atoms with Gasteiger partial charge in [-0.15, -0.1) is 0 Å². The van der Waals surface area contributed by atoms with Crippen LogP contribution in [0, 0.1) is 11.8 Å². The molecule has 4 aliphatic heterocycles. The Balaban J connectivity index is 1.52. The minimum absolute atomic E-state index is 0.839. The number of benzene rings is 1. The van der Waals surface area contributed by atoms with Crippen molar-refractivity contribution < 1.29 is 9.48 Å². The summed E-state index contributed by atoms with van der Waals surface area (Å²) in [5.74, 6) is 1.91. The molecule has 3 saturated heterocycles. The van der Waals surface area contributed by atoms with Gasteiger partial charge in [-0.25, -0.2) is 4.58 Å². The molecule has 4 aliphatic rings. The lowest BCUT2D eigenvalue weighted by molar-refractivity contribution is -0.951. The van der Waals surface area contributed by atoms with Gasteiger partial charge in [-0.1, -0.05) is 18.2 Å². The highest BCUT2D eigenvalue weighted by molar-refractivity contribution is 5.97. The van der Waals surface area contributed by atoms with Gasteiger partial charge in [0.25, 0.3) is 0 Å². The first-order chi connectivity index (χ1) is 11.4. The standard InChI is InChI=1S/C21H29N2/c1-2-7-16(8-3-1)20-10-6-11-21-17-13-18(15-23(20)21)19-9-4-5-12-22(19)14-17/h1-3,7-8,17-19,21H,4-6,9-15H2/q+1/p+1/t17-,18-,19+,21-/m0/s1. The Bertz CT molecular complexity index is 606. The Morgan fingerprint density at radius 3 is 2.78 bits per heavy atom. The van der Waals surface area contributed by atoms with E-state index in [1.807, 2.05) is 4.90 Å². The summed E-state index contributed by atoms with van der Waals surface area (Å²) in [5.41, 5.74) is 3.15. The van der Waals surface area contributed by atoms with Crippen LogP contribution in [0.3, 0.4) is 0 Å². The molecule has 1 aromatic carbocycles. The first kappa shape index (κ1) is 14.2. The number of nitrogens with one attached hydrogen (secondary N) is 1. The third kappa shape index (κ3) is 2.38. The van der Waals surface area contributed by atoms with Crippen LogP contribution in [-0.2, 0) is 0 Å². The van der Waals surface area contributed by atoms with Crippen LogP contribution in [0.2, 0.25) is 0 Å². The Hall–Kier alpha value is -1.15. The van der Waals surface area contributed by atoms with Gasteiger partial charge in [0, 0.05) is 24.8 Å². The highest BCUT2D eigenvalue weighted by atomic mass is 15.2. The molecule has 1 N–H and O–H groups in total. The molecule has 0 aliphatic carbocycles. The molecule has 2 heteroatoms. The second-order valence-corrected chi connectivity index (χ2v) is 8.40. The lowest BCUT2D eigenvalue weighted by Gasteiger charge is -2.48. The van der Waals surface area contributed by atoms with Crippen molar-refractivity contribution in [1.82, 2.24) is 0 Å². The van der Waals surface area contributed by atoms with Gasteiger partial charge in [0.15, 0.2) is 18.3 Å². The van der Waals surface area contributed by atoms with Crippen LogP contribution in [0.25, 0.3) is 0 Å². The van der Waals surface area contributed by atoms with Crippen molar-refractivity contribution in [3.8, 4) is 0 Å². The number of nitrogens with zero attached hydrogens (tertiary/aromatic N) is 1. The van der Waals surface area contributed by atoms with E-state index in [1.54, 1.807) is 5.71 Å². The van der Waals surface area contributed by atoms with Gasteiger partial charge in [-0.2, -0.15) is 0 Å². The number of hydrogen-bond acceptors (Lipinski definition) is 0. The van der Waals surface area contributed by atoms with Crippen molar-refractivity contribution in [3.63, 3.8) is 0 Å². The van der Waals surface area contributed by atoms with Crippen LogP contribution >= 0.6 is 0 Å².